The number of rotatable bonds is 0. The summed E-state index contributed by atoms with van der Waals surface area (Å²) in [4.78, 5) is 0. The van der Waals surface area contributed by atoms with Crippen LogP contribution < -0.4 is 0 Å². The van der Waals surface area contributed by atoms with Gasteiger partial charge in [-0.05, 0) is 36.5 Å². The van der Waals surface area contributed by atoms with Crippen LogP contribution in [0, 0.1) is 23.7 Å². The topological polar surface area (TPSA) is 0 Å². The van der Waals surface area contributed by atoms with Gasteiger partial charge in [-0.3, -0.25) is 0 Å². The molecule has 0 N–H and O–H groups in total. The maximum Gasteiger partial charge on any atom is -0.0317 e. The normalized spacial score (nSPS) is 51.8. The van der Waals surface area contributed by atoms with Gasteiger partial charge in [0.25, 0.3) is 0 Å². The van der Waals surface area contributed by atoms with Crippen molar-refractivity contribution in [3.8, 4) is 0 Å². The van der Waals surface area contributed by atoms with Gasteiger partial charge in [0, 0.05) is 0 Å². The molecule has 2 aliphatic rings. The summed E-state index contributed by atoms with van der Waals surface area (Å²) in [5, 5.41) is 0. The van der Waals surface area contributed by atoms with Crippen LogP contribution in [0.4, 0.5) is 0 Å². The molecule has 0 heterocycles. The van der Waals surface area contributed by atoms with E-state index in [0.29, 0.717) is 0 Å². The van der Waals surface area contributed by atoms with Crippen molar-refractivity contribution in [1.82, 2.24) is 0 Å². The molecule has 0 saturated heterocycles. The van der Waals surface area contributed by atoms with Crippen molar-refractivity contribution in [1.29, 1.82) is 0 Å². The van der Waals surface area contributed by atoms with Crippen LogP contribution in [0.5, 0.6) is 0 Å². The minimum absolute atomic E-state index is 0.995. The van der Waals surface area contributed by atoms with Gasteiger partial charge < -0.3 is 0 Å². The second-order valence-electron chi connectivity index (χ2n) is 3.99. The fraction of sp³-hybridized carbons (Fsp3) is 0.800. The summed E-state index contributed by atoms with van der Waals surface area (Å²) in [5.74, 6) is 4.07. The van der Waals surface area contributed by atoms with Crippen molar-refractivity contribution >= 4 is 0 Å². The van der Waals surface area contributed by atoms with Crippen LogP contribution in [0.15, 0.2) is 12.2 Å². The lowest BCUT2D eigenvalue weighted by atomic mass is 9.54. The third-order valence-corrected chi connectivity index (χ3v) is 3.71. The molecular formula is C10H16. The molecule has 0 heteroatoms. The highest BCUT2D eigenvalue weighted by atomic mass is 14.5. The Labute approximate surface area is 63.3 Å². The molecule has 2 rings (SSSR count). The van der Waals surface area contributed by atoms with Gasteiger partial charge in [-0.2, -0.15) is 0 Å². The van der Waals surface area contributed by atoms with Crippen LogP contribution in [0.1, 0.15) is 26.7 Å². The summed E-state index contributed by atoms with van der Waals surface area (Å²) in [7, 11) is 0. The van der Waals surface area contributed by atoms with E-state index < -0.39 is 0 Å². The molecule has 0 aliphatic heterocycles. The lowest BCUT2D eigenvalue weighted by Crippen LogP contribution is -2.44. The largest absolute Gasteiger partial charge is 0.0882 e. The summed E-state index contributed by atoms with van der Waals surface area (Å²) in [6, 6.07) is 0. The first-order chi connectivity index (χ1) is 4.80. The molecular weight excluding hydrogens is 120 g/mol. The zero-order valence-corrected chi connectivity index (χ0v) is 6.88. The molecule has 10 heavy (non-hydrogen) atoms. The summed E-state index contributed by atoms with van der Waals surface area (Å²) in [5.41, 5.74) is 0. The molecule has 1 saturated carbocycles. The van der Waals surface area contributed by atoms with Crippen molar-refractivity contribution in [2.45, 2.75) is 26.7 Å². The molecule has 0 aromatic rings. The molecule has 0 radical (unpaired) electrons. The Morgan fingerprint density at radius 1 is 0.900 bits per heavy atom. The monoisotopic (exact) mass is 136 g/mol. The molecule has 56 valence electrons. The van der Waals surface area contributed by atoms with E-state index in [4.69, 9.17) is 0 Å². The highest BCUT2D eigenvalue weighted by molar-refractivity contribution is 5.04. The summed E-state index contributed by atoms with van der Waals surface area (Å²) in [6.45, 7) is 4.82. The second-order valence-corrected chi connectivity index (χ2v) is 3.99. The first-order valence-electron chi connectivity index (χ1n) is 4.45. The fourth-order valence-corrected chi connectivity index (χ4v) is 2.70. The van der Waals surface area contributed by atoms with Gasteiger partial charge in [0.05, 0.1) is 0 Å². The average Bonchev–Trinajstić information content (AvgIpc) is 2.03. The summed E-state index contributed by atoms with van der Waals surface area (Å²) < 4.78 is 0. The number of fused-ring (bicyclic) bond motifs is 1. The van der Waals surface area contributed by atoms with Crippen LogP contribution in [0.3, 0.4) is 0 Å². The van der Waals surface area contributed by atoms with E-state index in [-0.39, 0.29) is 0 Å². The molecule has 2 unspecified atom stereocenters. The molecule has 0 spiro atoms. The van der Waals surface area contributed by atoms with Crippen LogP contribution in [0.2, 0.25) is 0 Å². The average molecular weight is 136 g/mol. The molecule has 0 amide bonds. The lowest BCUT2D eigenvalue weighted by molar-refractivity contribution is 0.00126. The van der Waals surface area contributed by atoms with Gasteiger partial charge >= 0.3 is 0 Å². The Hall–Kier alpha value is -0.260. The lowest BCUT2D eigenvalue weighted by Gasteiger charge is -2.50. The summed E-state index contributed by atoms with van der Waals surface area (Å²) >= 11 is 0. The third kappa shape index (κ3) is 0.680. The molecule has 0 nitrogen and oxygen atoms in total. The Morgan fingerprint density at radius 3 is 1.70 bits per heavy atom. The quantitative estimate of drug-likeness (QED) is 0.449. The first-order valence-corrected chi connectivity index (χ1v) is 4.45. The van der Waals surface area contributed by atoms with Gasteiger partial charge in [-0.25, -0.2) is 0 Å². The predicted molar refractivity (Wildman–Crippen MR) is 43.7 cm³/mol. The van der Waals surface area contributed by atoms with Crippen molar-refractivity contribution < 1.29 is 0 Å². The molecule has 1 fully saturated rings. The second kappa shape index (κ2) is 2.11. The minimum Gasteiger partial charge on any atom is -0.0882 e. The van der Waals surface area contributed by atoms with Crippen molar-refractivity contribution in [2.75, 3.05) is 0 Å². The fourth-order valence-electron chi connectivity index (χ4n) is 2.70. The minimum atomic E-state index is 0.995. The predicted octanol–water partition coefficient (Wildman–Crippen LogP) is 2.85. The molecule has 0 aromatic carbocycles. The van der Waals surface area contributed by atoms with E-state index in [2.05, 4.69) is 26.0 Å². The highest BCUT2D eigenvalue weighted by Crippen LogP contribution is 2.51. The van der Waals surface area contributed by atoms with E-state index in [9.17, 15) is 0 Å². The van der Waals surface area contributed by atoms with E-state index in [1.54, 1.807) is 0 Å². The Morgan fingerprint density at radius 2 is 1.30 bits per heavy atom. The summed E-state index contributed by atoms with van der Waals surface area (Å²) in [6.07, 6.45) is 7.44. The Kier molecular flexibility index (Phi) is 1.36. The first kappa shape index (κ1) is 6.45. The maximum atomic E-state index is 2.41. The van der Waals surface area contributed by atoms with Gasteiger partial charge in [0.2, 0.25) is 0 Å². The smallest absolute Gasteiger partial charge is 0.0317 e. The van der Waals surface area contributed by atoms with E-state index in [1.165, 1.54) is 12.8 Å². The molecule has 4 atom stereocenters. The zero-order chi connectivity index (χ0) is 7.14. The molecule has 2 aliphatic carbocycles. The van der Waals surface area contributed by atoms with Crippen LogP contribution >= 0.6 is 0 Å². The zero-order valence-electron chi connectivity index (χ0n) is 6.88. The number of hydrogen-bond acceptors (Lipinski definition) is 0. The third-order valence-electron chi connectivity index (χ3n) is 3.71. The SMILES string of the molecule is CC1C(C)[C@@H]2CC=CC[C@H]12. The van der Waals surface area contributed by atoms with Crippen LogP contribution in [0.25, 0.3) is 0 Å². The van der Waals surface area contributed by atoms with Crippen molar-refractivity contribution in [3.63, 3.8) is 0 Å². The highest BCUT2D eigenvalue weighted by Gasteiger charge is 2.43. The van der Waals surface area contributed by atoms with Gasteiger partial charge in [0.15, 0.2) is 0 Å². The van der Waals surface area contributed by atoms with Crippen LogP contribution in [-0.4, -0.2) is 0 Å². The molecule has 0 aromatic heterocycles. The number of hydrogen-bond donors (Lipinski definition) is 0. The maximum absolute atomic E-state index is 2.41. The Balaban J connectivity index is 2.08. The Bertz CT molecular complexity index is 139. The van der Waals surface area contributed by atoms with Crippen LogP contribution in [-0.2, 0) is 0 Å². The van der Waals surface area contributed by atoms with Gasteiger partial charge in [0.1, 0.15) is 0 Å². The van der Waals surface area contributed by atoms with E-state index >= 15 is 0 Å². The van der Waals surface area contributed by atoms with Crippen molar-refractivity contribution in [2.24, 2.45) is 23.7 Å². The van der Waals surface area contributed by atoms with Gasteiger partial charge in [-0.1, -0.05) is 26.0 Å². The standard InChI is InChI=1S/C10H16/c1-7-8(2)10-6-4-3-5-9(7)10/h3-4,7-10H,5-6H2,1-2H3/t7?,8?,9-,10+. The molecule has 0 bridgehead atoms. The van der Waals surface area contributed by atoms with Crippen molar-refractivity contribution in [3.05, 3.63) is 12.2 Å². The van der Waals surface area contributed by atoms with E-state index in [1.807, 2.05) is 0 Å². The van der Waals surface area contributed by atoms with E-state index in [0.717, 1.165) is 23.7 Å². The van der Waals surface area contributed by atoms with Gasteiger partial charge in [-0.15, -0.1) is 0 Å². The number of allylic oxidation sites excluding steroid dienone is 2.